The van der Waals surface area contributed by atoms with Crippen LogP contribution in [0.5, 0.6) is 0 Å². The second-order valence-electron chi connectivity index (χ2n) is 5.87. The maximum atomic E-state index is 12.8. The highest BCUT2D eigenvalue weighted by Crippen LogP contribution is 2.27. The minimum absolute atomic E-state index is 0.0303. The summed E-state index contributed by atoms with van der Waals surface area (Å²) < 4.78 is 7.34. The molecule has 1 fully saturated rings. The first kappa shape index (κ1) is 14.6. The molecule has 0 N–H and O–H groups in total. The Morgan fingerprint density at radius 2 is 1.79 bits per heavy atom. The van der Waals surface area contributed by atoms with Gasteiger partial charge in [-0.3, -0.25) is 4.79 Å². The Kier molecular flexibility index (Phi) is 3.82. The maximum absolute atomic E-state index is 12.8. The molecular weight excluding hydrogens is 306 g/mol. The normalized spacial score (nSPS) is 15.6. The molecule has 3 aromatic rings. The number of carbonyl (C=O) groups excluding carboxylic acids is 1. The number of hydrogen-bond acceptors (Lipinski definition) is 5. The van der Waals surface area contributed by atoms with Gasteiger partial charge < -0.3 is 14.0 Å². The van der Waals surface area contributed by atoms with Crippen LogP contribution in [0.1, 0.15) is 29.2 Å². The molecule has 7 heteroatoms. The van der Waals surface area contributed by atoms with E-state index in [4.69, 9.17) is 4.52 Å². The third kappa shape index (κ3) is 2.68. The molecule has 1 saturated heterocycles. The lowest BCUT2D eigenvalue weighted by Crippen LogP contribution is -2.39. The summed E-state index contributed by atoms with van der Waals surface area (Å²) in [4.78, 5) is 14.7. The van der Waals surface area contributed by atoms with Gasteiger partial charge in [0.2, 0.25) is 0 Å². The standard InChI is InChI=1S/C17H17N5O2/c23-17(15-10-20-24-16(15)13-4-2-1-3-5-13)21-8-6-14(7-9-21)22-11-18-19-12-22/h1-5,10-12,14H,6-9H2. The first-order valence-electron chi connectivity index (χ1n) is 7.96. The summed E-state index contributed by atoms with van der Waals surface area (Å²) in [5.74, 6) is 0.499. The second-order valence-corrected chi connectivity index (χ2v) is 5.87. The van der Waals surface area contributed by atoms with Crippen molar-refractivity contribution in [1.29, 1.82) is 0 Å². The highest BCUT2D eigenvalue weighted by molar-refractivity contribution is 5.99. The van der Waals surface area contributed by atoms with E-state index in [1.54, 1.807) is 12.7 Å². The van der Waals surface area contributed by atoms with Crippen LogP contribution in [0, 0.1) is 0 Å². The molecule has 0 aliphatic carbocycles. The highest BCUT2D eigenvalue weighted by Gasteiger charge is 2.27. The van der Waals surface area contributed by atoms with E-state index in [0.717, 1.165) is 18.4 Å². The van der Waals surface area contributed by atoms with Crippen molar-refractivity contribution in [1.82, 2.24) is 24.8 Å². The first-order chi connectivity index (χ1) is 11.8. The quantitative estimate of drug-likeness (QED) is 0.740. The molecule has 0 saturated carbocycles. The van der Waals surface area contributed by atoms with Crippen molar-refractivity contribution in [3.8, 4) is 11.3 Å². The first-order valence-corrected chi connectivity index (χ1v) is 7.96. The maximum Gasteiger partial charge on any atom is 0.259 e. The van der Waals surface area contributed by atoms with Crippen LogP contribution in [-0.2, 0) is 0 Å². The average molecular weight is 323 g/mol. The van der Waals surface area contributed by atoms with Gasteiger partial charge in [0.05, 0.1) is 6.20 Å². The smallest absolute Gasteiger partial charge is 0.259 e. The summed E-state index contributed by atoms with van der Waals surface area (Å²) in [6.07, 6.45) is 6.74. The van der Waals surface area contributed by atoms with Gasteiger partial charge in [0.25, 0.3) is 5.91 Å². The lowest BCUT2D eigenvalue weighted by Gasteiger charge is -2.32. The molecule has 0 radical (unpaired) electrons. The lowest BCUT2D eigenvalue weighted by atomic mass is 10.0. The van der Waals surface area contributed by atoms with Crippen molar-refractivity contribution in [2.24, 2.45) is 0 Å². The number of hydrogen-bond donors (Lipinski definition) is 0. The molecule has 7 nitrogen and oxygen atoms in total. The zero-order chi connectivity index (χ0) is 16.4. The van der Waals surface area contributed by atoms with E-state index < -0.39 is 0 Å². The van der Waals surface area contributed by atoms with Gasteiger partial charge in [-0.15, -0.1) is 10.2 Å². The number of amides is 1. The second kappa shape index (κ2) is 6.27. The molecule has 0 spiro atoms. The molecule has 0 bridgehead atoms. The molecular formula is C17H17N5O2. The van der Waals surface area contributed by atoms with Crippen LogP contribution < -0.4 is 0 Å². The zero-order valence-electron chi connectivity index (χ0n) is 13.1. The van der Waals surface area contributed by atoms with Crippen molar-refractivity contribution in [2.75, 3.05) is 13.1 Å². The fourth-order valence-corrected chi connectivity index (χ4v) is 3.12. The van der Waals surface area contributed by atoms with Gasteiger partial charge in [0, 0.05) is 24.7 Å². The summed E-state index contributed by atoms with van der Waals surface area (Å²) >= 11 is 0. The van der Waals surface area contributed by atoms with Crippen LogP contribution in [0.2, 0.25) is 0 Å². The number of nitrogens with zero attached hydrogens (tertiary/aromatic N) is 5. The molecule has 1 aromatic carbocycles. The largest absolute Gasteiger partial charge is 0.355 e. The van der Waals surface area contributed by atoms with Crippen molar-refractivity contribution in [3.05, 3.63) is 54.7 Å². The van der Waals surface area contributed by atoms with Crippen molar-refractivity contribution in [2.45, 2.75) is 18.9 Å². The summed E-state index contributed by atoms with van der Waals surface area (Å²) in [7, 11) is 0. The Labute approximate surface area is 138 Å². The minimum atomic E-state index is -0.0303. The van der Waals surface area contributed by atoms with Gasteiger partial charge in [-0.2, -0.15) is 0 Å². The van der Waals surface area contributed by atoms with Crippen molar-refractivity contribution in [3.63, 3.8) is 0 Å². The van der Waals surface area contributed by atoms with E-state index in [0.29, 0.717) is 30.5 Å². The summed E-state index contributed by atoms with van der Waals surface area (Å²) in [6, 6.07) is 9.93. The molecule has 122 valence electrons. The van der Waals surface area contributed by atoms with Gasteiger partial charge in [-0.25, -0.2) is 0 Å². The van der Waals surface area contributed by atoms with E-state index in [9.17, 15) is 4.79 Å². The van der Waals surface area contributed by atoms with Gasteiger partial charge in [0.15, 0.2) is 5.76 Å². The Balaban J connectivity index is 1.49. The fraction of sp³-hybridized carbons (Fsp3) is 0.294. The minimum Gasteiger partial charge on any atom is -0.355 e. The molecule has 0 atom stereocenters. The number of aromatic nitrogens is 4. The Morgan fingerprint density at radius 3 is 2.50 bits per heavy atom. The molecule has 4 rings (SSSR count). The van der Waals surface area contributed by atoms with E-state index in [1.165, 1.54) is 6.20 Å². The van der Waals surface area contributed by atoms with Crippen LogP contribution in [-0.4, -0.2) is 43.8 Å². The molecule has 0 unspecified atom stereocenters. The van der Waals surface area contributed by atoms with E-state index >= 15 is 0 Å². The third-order valence-corrected chi connectivity index (χ3v) is 4.45. The Bertz CT molecular complexity index is 805. The van der Waals surface area contributed by atoms with Crippen molar-refractivity contribution >= 4 is 5.91 Å². The number of carbonyl (C=O) groups is 1. The van der Waals surface area contributed by atoms with Gasteiger partial charge in [0.1, 0.15) is 18.2 Å². The fourth-order valence-electron chi connectivity index (χ4n) is 3.12. The summed E-state index contributed by atoms with van der Waals surface area (Å²) in [6.45, 7) is 1.39. The zero-order valence-corrected chi connectivity index (χ0v) is 13.1. The van der Waals surface area contributed by atoms with Crippen LogP contribution in [0.25, 0.3) is 11.3 Å². The molecule has 1 amide bonds. The average Bonchev–Trinajstić information content (AvgIpc) is 3.34. The Morgan fingerprint density at radius 1 is 1.08 bits per heavy atom. The Hall–Kier alpha value is -2.96. The van der Waals surface area contributed by atoms with Crippen LogP contribution in [0.4, 0.5) is 0 Å². The van der Waals surface area contributed by atoms with E-state index in [-0.39, 0.29) is 5.91 Å². The van der Waals surface area contributed by atoms with Crippen LogP contribution in [0.3, 0.4) is 0 Å². The predicted molar refractivity (Wildman–Crippen MR) is 86.1 cm³/mol. The molecule has 2 aromatic heterocycles. The monoisotopic (exact) mass is 323 g/mol. The number of piperidine rings is 1. The SMILES string of the molecule is O=C(c1cnoc1-c1ccccc1)N1CCC(n2cnnc2)CC1. The number of benzene rings is 1. The van der Waals surface area contributed by atoms with E-state index in [1.807, 2.05) is 39.8 Å². The van der Waals surface area contributed by atoms with Gasteiger partial charge in [-0.1, -0.05) is 35.5 Å². The summed E-state index contributed by atoms with van der Waals surface area (Å²) in [5.41, 5.74) is 1.38. The van der Waals surface area contributed by atoms with Crippen LogP contribution in [0.15, 0.2) is 53.7 Å². The highest BCUT2D eigenvalue weighted by atomic mass is 16.5. The molecule has 1 aliphatic heterocycles. The molecule has 1 aliphatic rings. The van der Waals surface area contributed by atoms with Gasteiger partial charge in [-0.05, 0) is 12.8 Å². The molecule has 24 heavy (non-hydrogen) atoms. The topological polar surface area (TPSA) is 77.0 Å². The third-order valence-electron chi connectivity index (χ3n) is 4.45. The predicted octanol–water partition coefficient (Wildman–Crippen LogP) is 2.41. The van der Waals surface area contributed by atoms with Crippen molar-refractivity contribution < 1.29 is 9.32 Å². The molecule has 3 heterocycles. The number of rotatable bonds is 3. The van der Waals surface area contributed by atoms with Gasteiger partial charge >= 0.3 is 0 Å². The number of likely N-dealkylation sites (tertiary alicyclic amines) is 1. The lowest BCUT2D eigenvalue weighted by molar-refractivity contribution is 0.0695. The van der Waals surface area contributed by atoms with Crippen LogP contribution >= 0.6 is 0 Å². The summed E-state index contributed by atoms with van der Waals surface area (Å²) in [5, 5.41) is 11.5. The van der Waals surface area contributed by atoms with E-state index in [2.05, 4.69) is 15.4 Å².